The lowest BCUT2D eigenvalue weighted by Crippen LogP contribution is -2.76. The number of piperidine rings is 1. The third-order valence-electron chi connectivity index (χ3n) is 3.67. The minimum atomic E-state index is -2.49. The molecule has 0 spiro atoms. The summed E-state index contributed by atoms with van der Waals surface area (Å²) in [6.45, 7) is 1.89. The number of fused-ring (bicyclic) bond motifs is 1. The van der Waals surface area contributed by atoms with E-state index >= 15 is 0 Å². The number of rotatable bonds is 4. The van der Waals surface area contributed by atoms with E-state index < -0.39 is 11.8 Å². The standard InChI is InChI=1S/C11H17F2NO2/c1-6(4-9(15)16-2)3-7-10-8(14-7)5-11(10,12)13/h6-8,10,14H,3-5H2,1-2H3. The molecule has 2 rings (SSSR count). The maximum absolute atomic E-state index is 13.1. The molecule has 0 amide bonds. The molecule has 1 aliphatic heterocycles. The first-order chi connectivity index (χ1) is 7.44. The number of hydrogen-bond donors (Lipinski definition) is 1. The molecule has 4 unspecified atom stereocenters. The second kappa shape index (κ2) is 3.95. The van der Waals surface area contributed by atoms with Crippen LogP contribution in [0.25, 0.3) is 0 Å². The van der Waals surface area contributed by atoms with E-state index in [1.807, 2.05) is 6.92 Å². The van der Waals surface area contributed by atoms with Crippen molar-refractivity contribution in [2.45, 2.75) is 44.2 Å². The van der Waals surface area contributed by atoms with Crippen molar-refractivity contribution in [2.75, 3.05) is 7.11 Å². The van der Waals surface area contributed by atoms with Crippen molar-refractivity contribution in [3.05, 3.63) is 0 Å². The molecule has 2 fully saturated rings. The maximum Gasteiger partial charge on any atom is 0.305 e. The molecule has 2 aliphatic rings. The molecule has 1 aliphatic carbocycles. The molecule has 16 heavy (non-hydrogen) atoms. The van der Waals surface area contributed by atoms with Crippen LogP contribution < -0.4 is 5.32 Å². The quantitative estimate of drug-likeness (QED) is 0.749. The van der Waals surface area contributed by atoms with Crippen LogP contribution in [0.2, 0.25) is 0 Å². The molecule has 1 heterocycles. The smallest absolute Gasteiger partial charge is 0.305 e. The average Bonchev–Trinajstić information content (AvgIpc) is 2.13. The van der Waals surface area contributed by atoms with Gasteiger partial charge in [-0.3, -0.25) is 4.79 Å². The van der Waals surface area contributed by atoms with Crippen LogP contribution >= 0.6 is 0 Å². The Bertz CT molecular complexity index is 296. The van der Waals surface area contributed by atoms with Crippen molar-refractivity contribution in [1.82, 2.24) is 5.32 Å². The number of carbonyl (C=O) groups excluding carboxylic acids is 1. The summed E-state index contributed by atoms with van der Waals surface area (Å²) < 4.78 is 30.8. The molecular weight excluding hydrogens is 216 g/mol. The topological polar surface area (TPSA) is 38.3 Å². The van der Waals surface area contributed by atoms with Gasteiger partial charge in [-0.2, -0.15) is 0 Å². The van der Waals surface area contributed by atoms with Gasteiger partial charge in [-0.15, -0.1) is 0 Å². The predicted octanol–water partition coefficient (Wildman–Crippen LogP) is 1.57. The van der Waals surface area contributed by atoms with E-state index in [1.165, 1.54) is 7.11 Å². The van der Waals surface area contributed by atoms with Crippen molar-refractivity contribution < 1.29 is 18.3 Å². The zero-order chi connectivity index (χ0) is 11.9. The summed E-state index contributed by atoms with van der Waals surface area (Å²) in [7, 11) is 1.34. The van der Waals surface area contributed by atoms with Crippen LogP contribution in [0.1, 0.15) is 26.2 Å². The minimum absolute atomic E-state index is 0.00493. The van der Waals surface area contributed by atoms with E-state index in [2.05, 4.69) is 10.1 Å². The largest absolute Gasteiger partial charge is 0.469 e. The molecule has 1 N–H and O–H groups in total. The number of alkyl halides is 2. The van der Waals surface area contributed by atoms with E-state index in [1.54, 1.807) is 0 Å². The molecule has 3 nitrogen and oxygen atoms in total. The third-order valence-corrected chi connectivity index (χ3v) is 3.67. The van der Waals surface area contributed by atoms with Crippen molar-refractivity contribution in [3.8, 4) is 0 Å². The Labute approximate surface area is 93.5 Å². The summed E-state index contributed by atoms with van der Waals surface area (Å²) in [5.74, 6) is -3.19. The molecule has 0 aromatic heterocycles. The van der Waals surface area contributed by atoms with E-state index in [4.69, 9.17) is 0 Å². The van der Waals surface area contributed by atoms with Crippen LogP contribution in [0.5, 0.6) is 0 Å². The van der Waals surface area contributed by atoms with E-state index in [0.29, 0.717) is 12.8 Å². The molecule has 4 atom stereocenters. The highest BCUT2D eigenvalue weighted by Gasteiger charge is 2.65. The Morgan fingerprint density at radius 2 is 2.31 bits per heavy atom. The first-order valence-corrected chi connectivity index (χ1v) is 5.64. The van der Waals surface area contributed by atoms with Gasteiger partial charge in [0.25, 0.3) is 5.92 Å². The number of halogens is 2. The van der Waals surface area contributed by atoms with Gasteiger partial charge in [0, 0.05) is 24.9 Å². The van der Waals surface area contributed by atoms with Crippen LogP contribution in [0.4, 0.5) is 8.78 Å². The normalized spacial score (nSPS) is 36.6. The third kappa shape index (κ3) is 1.93. The predicted molar refractivity (Wildman–Crippen MR) is 54.2 cm³/mol. The molecule has 92 valence electrons. The van der Waals surface area contributed by atoms with Crippen molar-refractivity contribution >= 4 is 5.97 Å². The zero-order valence-corrected chi connectivity index (χ0v) is 9.50. The van der Waals surface area contributed by atoms with Gasteiger partial charge in [-0.25, -0.2) is 8.78 Å². The first kappa shape index (κ1) is 11.8. The lowest BCUT2D eigenvalue weighted by atomic mass is 9.62. The van der Waals surface area contributed by atoms with Crippen LogP contribution in [0.3, 0.4) is 0 Å². The second-order valence-corrected chi connectivity index (χ2v) is 4.99. The fraction of sp³-hybridized carbons (Fsp3) is 0.909. The van der Waals surface area contributed by atoms with Crippen molar-refractivity contribution in [2.24, 2.45) is 11.8 Å². The van der Waals surface area contributed by atoms with Crippen LogP contribution in [-0.4, -0.2) is 31.1 Å². The summed E-state index contributed by atoms with van der Waals surface area (Å²) in [6.07, 6.45) is 0.892. The Balaban J connectivity index is 1.77. The second-order valence-electron chi connectivity index (χ2n) is 4.99. The molecular formula is C11H17F2NO2. The van der Waals surface area contributed by atoms with Gasteiger partial charge in [0.15, 0.2) is 0 Å². The van der Waals surface area contributed by atoms with Gasteiger partial charge >= 0.3 is 5.97 Å². The Morgan fingerprint density at radius 1 is 1.62 bits per heavy atom. The first-order valence-electron chi connectivity index (χ1n) is 5.64. The highest BCUT2D eigenvalue weighted by atomic mass is 19.3. The summed E-state index contributed by atoms with van der Waals surface area (Å²) in [5.41, 5.74) is 0. The van der Waals surface area contributed by atoms with Gasteiger partial charge in [0.05, 0.1) is 13.0 Å². The Kier molecular flexibility index (Phi) is 2.90. The number of carbonyl (C=O) groups is 1. The van der Waals surface area contributed by atoms with Gasteiger partial charge in [-0.1, -0.05) is 6.92 Å². The molecule has 0 aromatic carbocycles. The fourth-order valence-electron chi connectivity index (χ4n) is 2.79. The number of methoxy groups -OCH3 is 1. The number of ether oxygens (including phenoxy) is 1. The van der Waals surface area contributed by atoms with Crippen LogP contribution in [0.15, 0.2) is 0 Å². The van der Waals surface area contributed by atoms with Crippen molar-refractivity contribution in [3.63, 3.8) is 0 Å². The number of hydrogen-bond acceptors (Lipinski definition) is 3. The van der Waals surface area contributed by atoms with Gasteiger partial charge < -0.3 is 10.1 Å². The van der Waals surface area contributed by atoms with E-state index in [-0.39, 0.29) is 30.4 Å². The molecule has 1 saturated heterocycles. The molecule has 0 aromatic rings. The van der Waals surface area contributed by atoms with Crippen LogP contribution in [0, 0.1) is 11.8 Å². The summed E-state index contributed by atoms with van der Waals surface area (Å²) in [6, 6.07) is -0.126. The molecule has 0 radical (unpaired) electrons. The lowest BCUT2D eigenvalue weighted by molar-refractivity contribution is -0.214. The van der Waals surface area contributed by atoms with Crippen molar-refractivity contribution in [1.29, 1.82) is 0 Å². The van der Waals surface area contributed by atoms with E-state index in [9.17, 15) is 13.6 Å². The summed E-state index contributed by atoms with van der Waals surface area (Å²) in [5, 5.41) is 3.12. The highest BCUT2D eigenvalue weighted by Crippen LogP contribution is 2.52. The number of esters is 1. The van der Waals surface area contributed by atoms with E-state index in [0.717, 1.165) is 0 Å². The minimum Gasteiger partial charge on any atom is -0.469 e. The number of nitrogens with one attached hydrogen (secondary N) is 1. The Hall–Kier alpha value is -0.710. The molecule has 5 heteroatoms. The fourth-order valence-corrected chi connectivity index (χ4v) is 2.79. The molecule has 0 bridgehead atoms. The lowest BCUT2D eigenvalue weighted by Gasteiger charge is -2.59. The monoisotopic (exact) mass is 233 g/mol. The molecule has 1 saturated carbocycles. The van der Waals surface area contributed by atoms with Crippen LogP contribution in [-0.2, 0) is 9.53 Å². The highest BCUT2D eigenvalue weighted by molar-refractivity contribution is 5.69. The SMILES string of the molecule is COC(=O)CC(C)CC1NC2CC(F)(F)C12. The van der Waals surface area contributed by atoms with Gasteiger partial charge in [0.2, 0.25) is 0 Å². The zero-order valence-electron chi connectivity index (χ0n) is 9.50. The van der Waals surface area contributed by atoms with Gasteiger partial charge in [0.1, 0.15) is 0 Å². The average molecular weight is 233 g/mol. The summed E-state index contributed by atoms with van der Waals surface area (Å²) in [4.78, 5) is 11.0. The Morgan fingerprint density at radius 3 is 2.81 bits per heavy atom. The summed E-state index contributed by atoms with van der Waals surface area (Å²) >= 11 is 0. The maximum atomic E-state index is 13.1. The van der Waals surface area contributed by atoms with Gasteiger partial charge in [-0.05, 0) is 12.3 Å².